The first-order chi connectivity index (χ1) is 11.5. The summed E-state index contributed by atoms with van der Waals surface area (Å²) in [7, 11) is 3.20. The van der Waals surface area contributed by atoms with E-state index in [1.54, 1.807) is 38.6 Å². The summed E-state index contributed by atoms with van der Waals surface area (Å²) in [6.07, 6.45) is 1.60. The van der Waals surface area contributed by atoms with Crippen molar-refractivity contribution < 1.29 is 19.1 Å². The summed E-state index contributed by atoms with van der Waals surface area (Å²) in [4.78, 5) is 0. The van der Waals surface area contributed by atoms with Gasteiger partial charge in [0.25, 0.3) is 0 Å². The van der Waals surface area contributed by atoms with Gasteiger partial charge in [-0.3, -0.25) is 0 Å². The lowest BCUT2D eigenvalue weighted by Gasteiger charge is -2.11. The predicted octanol–water partition coefficient (Wildman–Crippen LogP) is 4.35. The maximum absolute atomic E-state index is 10.3. The highest BCUT2D eigenvalue weighted by Crippen LogP contribution is 2.40. The number of hydrogen-bond donors (Lipinski definition) is 1. The molecule has 3 rings (SSSR count). The molecular weight excluding hydrogens is 306 g/mol. The molecule has 0 radical (unpaired) electrons. The SMILES string of the molecule is COc1ccc(-c2cnoc2-c2cc(C)c(C)c(OC)c2)c(O)c1. The third-order valence-corrected chi connectivity index (χ3v) is 4.17. The number of aryl methyl sites for hydroxylation is 1. The first-order valence-electron chi connectivity index (χ1n) is 7.52. The summed E-state index contributed by atoms with van der Waals surface area (Å²) in [5.74, 6) is 2.06. The molecule has 3 aromatic rings. The number of aromatic nitrogens is 1. The molecule has 0 saturated heterocycles. The number of nitrogens with zero attached hydrogens (tertiary/aromatic N) is 1. The molecule has 1 N–H and O–H groups in total. The molecule has 5 heteroatoms. The van der Waals surface area contributed by atoms with E-state index >= 15 is 0 Å². The number of hydrogen-bond acceptors (Lipinski definition) is 5. The van der Waals surface area contributed by atoms with E-state index in [4.69, 9.17) is 14.0 Å². The molecule has 1 aromatic heterocycles. The Kier molecular flexibility index (Phi) is 4.16. The van der Waals surface area contributed by atoms with Crippen LogP contribution in [-0.2, 0) is 0 Å². The lowest BCUT2D eigenvalue weighted by Crippen LogP contribution is -1.92. The number of phenols is 1. The first kappa shape index (κ1) is 15.9. The summed E-state index contributed by atoms with van der Waals surface area (Å²) in [5.41, 5.74) is 4.35. The Morgan fingerprint density at radius 3 is 2.46 bits per heavy atom. The third kappa shape index (κ3) is 2.69. The fourth-order valence-electron chi connectivity index (χ4n) is 2.68. The van der Waals surface area contributed by atoms with Crippen LogP contribution in [0.3, 0.4) is 0 Å². The molecule has 124 valence electrons. The second-order valence-corrected chi connectivity index (χ2v) is 5.57. The number of ether oxygens (including phenoxy) is 2. The minimum atomic E-state index is 0.106. The number of benzene rings is 2. The fraction of sp³-hybridized carbons (Fsp3) is 0.211. The summed E-state index contributed by atoms with van der Waals surface area (Å²) >= 11 is 0. The second kappa shape index (κ2) is 6.28. The molecule has 0 aliphatic rings. The van der Waals surface area contributed by atoms with Gasteiger partial charge in [0, 0.05) is 17.2 Å². The van der Waals surface area contributed by atoms with Gasteiger partial charge < -0.3 is 19.1 Å². The predicted molar refractivity (Wildman–Crippen MR) is 91.6 cm³/mol. The van der Waals surface area contributed by atoms with Gasteiger partial charge in [0.05, 0.1) is 26.0 Å². The summed E-state index contributed by atoms with van der Waals surface area (Å²) < 4.78 is 16.0. The largest absolute Gasteiger partial charge is 0.507 e. The van der Waals surface area contributed by atoms with Gasteiger partial charge in [-0.1, -0.05) is 5.16 Å². The number of aromatic hydroxyl groups is 1. The monoisotopic (exact) mass is 325 g/mol. The maximum Gasteiger partial charge on any atom is 0.174 e. The number of phenolic OH excluding ortho intramolecular Hbond substituents is 1. The molecule has 2 aromatic carbocycles. The van der Waals surface area contributed by atoms with Crippen molar-refractivity contribution in [2.45, 2.75) is 13.8 Å². The van der Waals surface area contributed by atoms with E-state index in [0.29, 0.717) is 22.6 Å². The minimum Gasteiger partial charge on any atom is -0.507 e. The normalized spacial score (nSPS) is 10.7. The van der Waals surface area contributed by atoms with Crippen LogP contribution in [0, 0.1) is 13.8 Å². The van der Waals surface area contributed by atoms with Gasteiger partial charge in [0.15, 0.2) is 5.76 Å². The van der Waals surface area contributed by atoms with Gasteiger partial charge in [-0.25, -0.2) is 0 Å². The quantitative estimate of drug-likeness (QED) is 0.772. The summed E-state index contributed by atoms with van der Waals surface area (Å²) in [6.45, 7) is 4.02. The van der Waals surface area contributed by atoms with Gasteiger partial charge in [-0.2, -0.15) is 0 Å². The van der Waals surface area contributed by atoms with Crippen LogP contribution in [0.25, 0.3) is 22.5 Å². The standard InChI is InChI=1S/C19H19NO4/c1-11-7-13(8-18(23-4)12(11)2)19-16(10-20-24-19)15-6-5-14(22-3)9-17(15)21/h5-10,21H,1-4H3. The van der Waals surface area contributed by atoms with Gasteiger partial charge in [-0.05, 0) is 49.2 Å². The molecule has 24 heavy (non-hydrogen) atoms. The average molecular weight is 325 g/mol. The highest BCUT2D eigenvalue weighted by molar-refractivity contribution is 5.83. The van der Waals surface area contributed by atoms with Crippen molar-refractivity contribution in [2.24, 2.45) is 0 Å². The van der Waals surface area contributed by atoms with Crippen LogP contribution in [0.4, 0.5) is 0 Å². The van der Waals surface area contributed by atoms with Crippen molar-refractivity contribution >= 4 is 0 Å². The van der Waals surface area contributed by atoms with E-state index in [1.165, 1.54) is 0 Å². The average Bonchev–Trinajstić information content (AvgIpc) is 3.06. The molecule has 0 bridgehead atoms. The summed E-state index contributed by atoms with van der Waals surface area (Å²) in [6, 6.07) is 9.05. The zero-order valence-electron chi connectivity index (χ0n) is 14.1. The smallest absolute Gasteiger partial charge is 0.174 e. The molecule has 0 spiro atoms. The molecule has 1 heterocycles. The third-order valence-electron chi connectivity index (χ3n) is 4.17. The Morgan fingerprint density at radius 2 is 1.79 bits per heavy atom. The Hall–Kier alpha value is -2.95. The number of rotatable bonds is 4. The summed E-state index contributed by atoms with van der Waals surface area (Å²) in [5, 5.41) is 14.2. The maximum atomic E-state index is 10.3. The Morgan fingerprint density at radius 1 is 1.00 bits per heavy atom. The fourth-order valence-corrected chi connectivity index (χ4v) is 2.68. The molecule has 5 nitrogen and oxygen atoms in total. The van der Waals surface area contributed by atoms with Crippen molar-refractivity contribution in [1.29, 1.82) is 0 Å². The zero-order valence-corrected chi connectivity index (χ0v) is 14.1. The van der Waals surface area contributed by atoms with Crippen LogP contribution in [-0.4, -0.2) is 24.5 Å². The van der Waals surface area contributed by atoms with E-state index in [9.17, 15) is 5.11 Å². The Bertz CT molecular complexity index is 883. The van der Waals surface area contributed by atoms with Gasteiger partial charge >= 0.3 is 0 Å². The number of methoxy groups -OCH3 is 2. The van der Waals surface area contributed by atoms with Gasteiger partial charge in [-0.15, -0.1) is 0 Å². The zero-order chi connectivity index (χ0) is 17.3. The van der Waals surface area contributed by atoms with Crippen molar-refractivity contribution in [1.82, 2.24) is 5.16 Å². The topological polar surface area (TPSA) is 64.7 Å². The van der Waals surface area contributed by atoms with Gasteiger partial charge in [0.1, 0.15) is 17.2 Å². The lowest BCUT2D eigenvalue weighted by atomic mass is 9.98. The van der Waals surface area contributed by atoms with Crippen LogP contribution in [0.1, 0.15) is 11.1 Å². The van der Waals surface area contributed by atoms with E-state index < -0.39 is 0 Å². The highest BCUT2D eigenvalue weighted by atomic mass is 16.5. The van der Waals surface area contributed by atoms with Crippen molar-refractivity contribution in [3.8, 4) is 39.7 Å². The second-order valence-electron chi connectivity index (χ2n) is 5.57. The van der Waals surface area contributed by atoms with Crippen molar-refractivity contribution in [3.63, 3.8) is 0 Å². The Labute approximate surface area is 140 Å². The van der Waals surface area contributed by atoms with Crippen molar-refractivity contribution in [3.05, 3.63) is 47.7 Å². The van der Waals surface area contributed by atoms with E-state index in [2.05, 4.69) is 5.16 Å². The molecule has 0 amide bonds. The molecular formula is C19H19NO4. The molecule has 0 fully saturated rings. The molecule has 0 saturated carbocycles. The highest BCUT2D eigenvalue weighted by Gasteiger charge is 2.18. The van der Waals surface area contributed by atoms with Crippen LogP contribution in [0.2, 0.25) is 0 Å². The van der Waals surface area contributed by atoms with Crippen LogP contribution >= 0.6 is 0 Å². The van der Waals surface area contributed by atoms with E-state index in [0.717, 1.165) is 22.4 Å². The van der Waals surface area contributed by atoms with E-state index in [1.807, 2.05) is 26.0 Å². The first-order valence-corrected chi connectivity index (χ1v) is 7.52. The molecule has 0 aliphatic carbocycles. The van der Waals surface area contributed by atoms with Crippen molar-refractivity contribution in [2.75, 3.05) is 14.2 Å². The minimum absolute atomic E-state index is 0.106. The lowest BCUT2D eigenvalue weighted by molar-refractivity contribution is 0.408. The molecule has 0 unspecified atom stereocenters. The molecule has 0 aliphatic heterocycles. The van der Waals surface area contributed by atoms with Crippen LogP contribution in [0.5, 0.6) is 17.2 Å². The van der Waals surface area contributed by atoms with Crippen LogP contribution < -0.4 is 9.47 Å². The Balaban J connectivity index is 2.14. The van der Waals surface area contributed by atoms with E-state index in [-0.39, 0.29) is 5.75 Å². The van der Waals surface area contributed by atoms with Gasteiger partial charge in [0.2, 0.25) is 0 Å². The van der Waals surface area contributed by atoms with Crippen LogP contribution in [0.15, 0.2) is 41.1 Å². The molecule has 0 atom stereocenters.